The van der Waals surface area contributed by atoms with Crippen LogP contribution in [0, 0.1) is 11.7 Å². The SMILES string of the molecule is NCC(NCCC1CC1)c1ccc(F)c(Br)c1. The van der Waals surface area contributed by atoms with Gasteiger partial charge in [0.2, 0.25) is 0 Å². The van der Waals surface area contributed by atoms with E-state index in [-0.39, 0.29) is 11.9 Å². The van der Waals surface area contributed by atoms with Crippen LogP contribution < -0.4 is 11.1 Å². The summed E-state index contributed by atoms with van der Waals surface area (Å²) in [5, 5.41) is 3.44. The van der Waals surface area contributed by atoms with Crippen LogP contribution in [-0.2, 0) is 0 Å². The Morgan fingerprint density at radius 2 is 2.24 bits per heavy atom. The van der Waals surface area contributed by atoms with Crippen LogP contribution >= 0.6 is 15.9 Å². The first-order valence-electron chi connectivity index (χ1n) is 6.09. The molecule has 1 aromatic carbocycles. The molecule has 4 heteroatoms. The lowest BCUT2D eigenvalue weighted by Gasteiger charge is -2.17. The van der Waals surface area contributed by atoms with Crippen LogP contribution in [0.25, 0.3) is 0 Å². The lowest BCUT2D eigenvalue weighted by atomic mass is 10.1. The average molecular weight is 301 g/mol. The third-order valence-corrected chi connectivity index (χ3v) is 3.83. The van der Waals surface area contributed by atoms with E-state index < -0.39 is 0 Å². The molecule has 0 aromatic heterocycles. The average Bonchev–Trinajstić information content (AvgIpc) is 3.12. The normalized spacial score (nSPS) is 17.1. The number of rotatable bonds is 6. The molecule has 1 fully saturated rings. The van der Waals surface area contributed by atoms with Crippen molar-refractivity contribution in [3.8, 4) is 0 Å². The molecule has 2 nitrogen and oxygen atoms in total. The standard InChI is InChI=1S/C13H18BrFN2/c14-11-7-10(3-4-12(11)15)13(8-16)17-6-5-9-1-2-9/h3-4,7,9,13,17H,1-2,5-6,8,16H2. The van der Waals surface area contributed by atoms with E-state index in [1.165, 1.54) is 25.3 Å². The summed E-state index contributed by atoms with van der Waals surface area (Å²) in [7, 11) is 0. The molecule has 1 aliphatic rings. The fraction of sp³-hybridized carbons (Fsp3) is 0.538. The second-order valence-corrected chi connectivity index (χ2v) is 5.50. The molecule has 0 spiro atoms. The minimum Gasteiger partial charge on any atom is -0.329 e. The smallest absolute Gasteiger partial charge is 0.137 e. The van der Waals surface area contributed by atoms with Crippen molar-refractivity contribution in [3.05, 3.63) is 34.1 Å². The third kappa shape index (κ3) is 3.76. The van der Waals surface area contributed by atoms with Gasteiger partial charge in [-0.05, 0) is 52.5 Å². The molecule has 1 saturated carbocycles. The maximum Gasteiger partial charge on any atom is 0.137 e. The number of halogens is 2. The highest BCUT2D eigenvalue weighted by molar-refractivity contribution is 9.10. The van der Waals surface area contributed by atoms with Crippen molar-refractivity contribution in [1.82, 2.24) is 5.32 Å². The molecule has 0 heterocycles. The zero-order chi connectivity index (χ0) is 12.3. The van der Waals surface area contributed by atoms with Crippen LogP contribution in [0.4, 0.5) is 4.39 Å². The molecule has 17 heavy (non-hydrogen) atoms. The van der Waals surface area contributed by atoms with Crippen LogP contribution in [-0.4, -0.2) is 13.1 Å². The molecular weight excluding hydrogens is 283 g/mol. The van der Waals surface area contributed by atoms with E-state index in [2.05, 4.69) is 21.2 Å². The number of hydrogen-bond acceptors (Lipinski definition) is 2. The molecular formula is C13H18BrFN2. The van der Waals surface area contributed by atoms with Crippen LogP contribution in [0.15, 0.2) is 22.7 Å². The van der Waals surface area contributed by atoms with Gasteiger partial charge in [-0.25, -0.2) is 4.39 Å². The molecule has 2 rings (SSSR count). The fourth-order valence-electron chi connectivity index (χ4n) is 1.93. The van der Waals surface area contributed by atoms with Gasteiger partial charge in [0.25, 0.3) is 0 Å². The highest BCUT2D eigenvalue weighted by Gasteiger charge is 2.21. The van der Waals surface area contributed by atoms with Crippen molar-refractivity contribution >= 4 is 15.9 Å². The van der Waals surface area contributed by atoms with Crippen LogP contribution in [0.3, 0.4) is 0 Å². The maximum absolute atomic E-state index is 13.1. The number of benzene rings is 1. The maximum atomic E-state index is 13.1. The Kier molecular flexibility index (Phi) is 4.54. The van der Waals surface area contributed by atoms with E-state index in [0.717, 1.165) is 18.0 Å². The summed E-state index contributed by atoms with van der Waals surface area (Å²) < 4.78 is 13.6. The minimum atomic E-state index is -0.234. The third-order valence-electron chi connectivity index (χ3n) is 3.22. The van der Waals surface area contributed by atoms with E-state index >= 15 is 0 Å². The predicted molar refractivity (Wildman–Crippen MR) is 71.2 cm³/mol. The Balaban J connectivity index is 1.92. The molecule has 1 atom stereocenters. The summed E-state index contributed by atoms with van der Waals surface area (Å²) in [6.45, 7) is 1.52. The fourth-order valence-corrected chi connectivity index (χ4v) is 2.33. The first-order valence-corrected chi connectivity index (χ1v) is 6.88. The van der Waals surface area contributed by atoms with Crippen molar-refractivity contribution in [3.63, 3.8) is 0 Å². The van der Waals surface area contributed by atoms with Gasteiger partial charge in [-0.3, -0.25) is 0 Å². The van der Waals surface area contributed by atoms with Gasteiger partial charge < -0.3 is 11.1 Å². The molecule has 0 aliphatic heterocycles. The van der Waals surface area contributed by atoms with E-state index in [1.807, 2.05) is 0 Å². The van der Waals surface area contributed by atoms with Gasteiger partial charge >= 0.3 is 0 Å². The molecule has 0 radical (unpaired) electrons. The van der Waals surface area contributed by atoms with Gasteiger partial charge in [0.15, 0.2) is 0 Å². The molecule has 1 unspecified atom stereocenters. The molecule has 1 aliphatic carbocycles. The first-order chi connectivity index (χ1) is 8.20. The van der Waals surface area contributed by atoms with Crippen molar-refractivity contribution in [2.45, 2.75) is 25.3 Å². The number of hydrogen-bond donors (Lipinski definition) is 2. The Bertz CT molecular complexity index is 380. The second kappa shape index (κ2) is 5.94. The van der Waals surface area contributed by atoms with Crippen LogP contribution in [0.1, 0.15) is 30.9 Å². The zero-order valence-electron chi connectivity index (χ0n) is 9.76. The molecule has 1 aromatic rings. The molecule has 0 saturated heterocycles. The van der Waals surface area contributed by atoms with E-state index in [4.69, 9.17) is 5.73 Å². The summed E-state index contributed by atoms with van der Waals surface area (Å²) in [5.41, 5.74) is 6.79. The van der Waals surface area contributed by atoms with E-state index in [0.29, 0.717) is 11.0 Å². The van der Waals surface area contributed by atoms with Gasteiger partial charge in [0, 0.05) is 12.6 Å². The van der Waals surface area contributed by atoms with Gasteiger partial charge in [0.05, 0.1) is 4.47 Å². The van der Waals surface area contributed by atoms with E-state index in [1.54, 1.807) is 12.1 Å². The molecule has 0 amide bonds. The van der Waals surface area contributed by atoms with Crippen molar-refractivity contribution in [2.24, 2.45) is 11.7 Å². The van der Waals surface area contributed by atoms with Gasteiger partial charge in [-0.15, -0.1) is 0 Å². The van der Waals surface area contributed by atoms with Gasteiger partial charge in [0.1, 0.15) is 5.82 Å². The Labute approximate surface area is 110 Å². The number of nitrogens with one attached hydrogen (secondary N) is 1. The number of nitrogens with two attached hydrogens (primary N) is 1. The molecule has 3 N–H and O–H groups in total. The highest BCUT2D eigenvalue weighted by atomic mass is 79.9. The van der Waals surface area contributed by atoms with Crippen LogP contribution in [0.5, 0.6) is 0 Å². The summed E-state index contributed by atoms with van der Waals surface area (Å²) in [6.07, 6.45) is 3.97. The lowest BCUT2D eigenvalue weighted by Crippen LogP contribution is -2.29. The summed E-state index contributed by atoms with van der Waals surface area (Å²) in [6, 6.07) is 5.19. The Morgan fingerprint density at radius 1 is 1.47 bits per heavy atom. The summed E-state index contributed by atoms with van der Waals surface area (Å²) in [5.74, 6) is 0.684. The zero-order valence-corrected chi connectivity index (χ0v) is 11.3. The lowest BCUT2D eigenvalue weighted by molar-refractivity contribution is 0.514. The Hall–Kier alpha value is -0.450. The van der Waals surface area contributed by atoms with E-state index in [9.17, 15) is 4.39 Å². The van der Waals surface area contributed by atoms with Gasteiger partial charge in [-0.2, -0.15) is 0 Å². The quantitative estimate of drug-likeness (QED) is 0.848. The molecule has 0 bridgehead atoms. The predicted octanol–water partition coefficient (Wildman–Crippen LogP) is 2.98. The topological polar surface area (TPSA) is 38.0 Å². The van der Waals surface area contributed by atoms with Crippen molar-refractivity contribution < 1.29 is 4.39 Å². The monoisotopic (exact) mass is 300 g/mol. The molecule has 94 valence electrons. The minimum absolute atomic E-state index is 0.116. The highest BCUT2D eigenvalue weighted by Crippen LogP contribution is 2.32. The summed E-state index contributed by atoms with van der Waals surface area (Å²) in [4.78, 5) is 0. The summed E-state index contributed by atoms with van der Waals surface area (Å²) >= 11 is 3.20. The van der Waals surface area contributed by atoms with Crippen molar-refractivity contribution in [1.29, 1.82) is 0 Å². The first kappa shape index (κ1) is 13.0. The second-order valence-electron chi connectivity index (χ2n) is 4.65. The van der Waals surface area contributed by atoms with Crippen LogP contribution in [0.2, 0.25) is 0 Å². The van der Waals surface area contributed by atoms with Gasteiger partial charge in [-0.1, -0.05) is 18.9 Å². The largest absolute Gasteiger partial charge is 0.329 e. The Morgan fingerprint density at radius 3 is 2.82 bits per heavy atom. The van der Waals surface area contributed by atoms with Crippen molar-refractivity contribution in [2.75, 3.05) is 13.1 Å².